The average Bonchev–Trinajstić information content (AvgIpc) is 2.35. The first kappa shape index (κ1) is 17.3. The fourth-order valence-electron chi connectivity index (χ4n) is 2.49. The van der Waals surface area contributed by atoms with Gasteiger partial charge in [0.1, 0.15) is 5.54 Å². The number of amides is 3. The molecule has 1 rings (SSSR count). The van der Waals surface area contributed by atoms with Crippen LogP contribution in [0.15, 0.2) is 0 Å². The fourth-order valence-corrected chi connectivity index (χ4v) is 2.49. The van der Waals surface area contributed by atoms with Gasteiger partial charge in [-0.2, -0.15) is 0 Å². The van der Waals surface area contributed by atoms with Gasteiger partial charge in [0.05, 0.1) is 0 Å². The summed E-state index contributed by atoms with van der Waals surface area (Å²) in [5, 5.41) is 11.4. The number of urea groups is 1. The number of hydrogen-bond acceptors (Lipinski definition) is 3. The highest BCUT2D eigenvalue weighted by Crippen LogP contribution is 2.21. The van der Waals surface area contributed by atoms with E-state index < -0.39 is 11.5 Å². The van der Waals surface area contributed by atoms with Crippen LogP contribution in [0.5, 0.6) is 0 Å². The zero-order chi connectivity index (χ0) is 16.2. The quantitative estimate of drug-likeness (QED) is 0.789. The lowest BCUT2D eigenvalue weighted by atomic mass is 9.98. The maximum atomic E-state index is 12.3. The Morgan fingerprint density at radius 2 is 2.00 bits per heavy atom. The van der Waals surface area contributed by atoms with E-state index in [1.54, 1.807) is 30.7 Å². The molecule has 1 fully saturated rings. The monoisotopic (exact) mass is 299 g/mol. The van der Waals surface area contributed by atoms with Gasteiger partial charge in [-0.15, -0.1) is 0 Å². The second-order valence-electron chi connectivity index (χ2n) is 6.07. The summed E-state index contributed by atoms with van der Waals surface area (Å²) in [5.41, 5.74) is -0.863. The normalized spacial score (nSPS) is 19.3. The molecule has 3 amide bonds. The molecule has 0 bridgehead atoms. The van der Waals surface area contributed by atoms with E-state index in [1.807, 2.05) is 6.92 Å². The van der Waals surface area contributed by atoms with Crippen LogP contribution in [-0.4, -0.2) is 64.5 Å². The number of aliphatic carboxylic acids is 1. The second-order valence-corrected chi connectivity index (χ2v) is 6.07. The molecule has 1 unspecified atom stereocenters. The predicted molar refractivity (Wildman–Crippen MR) is 77.9 cm³/mol. The Balaban J connectivity index is 2.54. The van der Waals surface area contributed by atoms with Crippen molar-refractivity contribution < 1.29 is 19.5 Å². The molecule has 21 heavy (non-hydrogen) atoms. The number of hydrogen-bond donors (Lipinski definition) is 2. The molecule has 0 spiro atoms. The van der Waals surface area contributed by atoms with Gasteiger partial charge < -0.3 is 20.2 Å². The van der Waals surface area contributed by atoms with Gasteiger partial charge in [-0.25, -0.2) is 4.79 Å². The highest BCUT2D eigenvalue weighted by atomic mass is 16.4. The molecule has 0 aromatic heterocycles. The lowest BCUT2D eigenvalue weighted by Gasteiger charge is -2.44. The number of carbonyl (C=O) groups excluding carboxylic acids is 2. The molecule has 7 nitrogen and oxygen atoms in total. The molecule has 1 atom stereocenters. The van der Waals surface area contributed by atoms with E-state index >= 15 is 0 Å². The smallest absolute Gasteiger partial charge is 0.318 e. The van der Waals surface area contributed by atoms with Gasteiger partial charge in [-0.3, -0.25) is 9.59 Å². The maximum Gasteiger partial charge on any atom is 0.318 e. The highest BCUT2D eigenvalue weighted by molar-refractivity contribution is 5.91. The number of piperazine rings is 1. The molecule has 7 heteroatoms. The molecule has 1 saturated heterocycles. The molecular weight excluding hydrogens is 274 g/mol. The molecule has 0 radical (unpaired) electrons. The summed E-state index contributed by atoms with van der Waals surface area (Å²) < 4.78 is 0. The molecule has 0 aromatic carbocycles. The molecule has 1 aliphatic heterocycles. The number of nitrogens with one attached hydrogen (secondary N) is 1. The summed E-state index contributed by atoms with van der Waals surface area (Å²) >= 11 is 0. The first-order valence-corrected chi connectivity index (χ1v) is 7.21. The number of carboxylic acids is 1. The summed E-state index contributed by atoms with van der Waals surface area (Å²) in [6, 6.07) is -0.397. The van der Waals surface area contributed by atoms with Crippen molar-refractivity contribution in [1.82, 2.24) is 15.1 Å². The average molecular weight is 299 g/mol. The van der Waals surface area contributed by atoms with Crippen LogP contribution in [0.3, 0.4) is 0 Å². The van der Waals surface area contributed by atoms with Crippen LogP contribution in [0.1, 0.15) is 40.0 Å². The van der Waals surface area contributed by atoms with Crippen LogP contribution in [0, 0.1) is 0 Å². The number of carboxylic acid groups (broad SMARTS) is 1. The van der Waals surface area contributed by atoms with Gasteiger partial charge in [-0.05, 0) is 33.6 Å². The molecule has 0 aromatic rings. The molecule has 0 aliphatic carbocycles. The minimum Gasteiger partial charge on any atom is -0.481 e. The van der Waals surface area contributed by atoms with Crippen molar-refractivity contribution in [3.63, 3.8) is 0 Å². The predicted octanol–water partition coefficient (Wildman–Crippen LogP) is 0.892. The van der Waals surface area contributed by atoms with Gasteiger partial charge in [0.2, 0.25) is 5.91 Å². The lowest BCUT2D eigenvalue weighted by molar-refractivity contribution is -0.144. The Morgan fingerprint density at radius 3 is 2.57 bits per heavy atom. The molecule has 1 aliphatic rings. The number of likely N-dealkylation sites (N-methyl/N-ethyl adjacent to an activating group) is 1. The van der Waals surface area contributed by atoms with Gasteiger partial charge in [0.25, 0.3) is 0 Å². The second kappa shape index (κ2) is 6.78. The highest BCUT2D eigenvalue weighted by Gasteiger charge is 2.43. The fraction of sp³-hybridized carbons (Fsp3) is 0.786. The van der Waals surface area contributed by atoms with Gasteiger partial charge in [-0.1, -0.05) is 0 Å². The van der Waals surface area contributed by atoms with Crippen molar-refractivity contribution in [1.29, 1.82) is 0 Å². The SMILES string of the molecule is CC(CCCC(=O)O)NC(=O)N1CCN(C)C(=O)C1(C)C. The van der Waals surface area contributed by atoms with E-state index in [1.165, 1.54) is 0 Å². The Labute approximate surface area is 125 Å². The molecule has 1 heterocycles. The van der Waals surface area contributed by atoms with Crippen molar-refractivity contribution >= 4 is 17.9 Å². The summed E-state index contributed by atoms with van der Waals surface area (Å²) in [6.07, 6.45) is 1.21. The van der Waals surface area contributed by atoms with Crippen molar-refractivity contribution in [3.8, 4) is 0 Å². The van der Waals surface area contributed by atoms with Crippen LogP contribution in [0.4, 0.5) is 4.79 Å². The third kappa shape index (κ3) is 4.34. The van der Waals surface area contributed by atoms with Crippen LogP contribution in [-0.2, 0) is 9.59 Å². The minimum atomic E-state index is -0.863. The van der Waals surface area contributed by atoms with Crippen LogP contribution >= 0.6 is 0 Å². The van der Waals surface area contributed by atoms with E-state index in [0.717, 1.165) is 0 Å². The summed E-state index contributed by atoms with van der Waals surface area (Å²) in [4.78, 5) is 38.1. The molecular formula is C14H25N3O4. The van der Waals surface area contributed by atoms with Crippen molar-refractivity contribution in [2.75, 3.05) is 20.1 Å². The Kier molecular flexibility index (Phi) is 5.57. The van der Waals surface area contributed by atoms with Crippen molar-refractivity contribution in [3.05, 3.63) is 0 Å². The first-order chi connectivity index (χ1) is 9.66. The van der Waals surface area contributed by atoms with Crippen LogP contribution in [0.25, 0.3) is 0 Å². The summed E-state index contributed by atoms with van der Waals surface area (Å²) in [7, 11) is 1.73. The Morgan fingerprint density at radius 1 is 1.38 bits per heavy atom. The van der Waals surface area contributed by atoms with Crippen LogP contribution in [0.2, 0.25) is 0 Å². The number of rotatable bonds is 5. The largest absolute Gasteiger partial charge is 0.481 e. The number of nitrogens with zero attached hydrogens (tertiary/aromatic N) is 2. The summed E-state index contributed by atoms with van der Waals surface area (Å²) in [6.45, 7) is 6.32. The third-order valence-corrected chi connectivity index (χ3v) is 3.85. The zero-order valence-corrected chi connectivity index (χ0v) is 13.2. The van der Waals surface area contributed by atoms with E-state index in [-0.39, 0.29) is 24.4 Å². The molecule has 2 N–H and O–H groups in total. The van der Waals surface area contributed by atoms with Crippen molar-refractivity contribution in [2.45, 2.75) is 51.6 Å². The Bertz CT molecular complexity index is 422. The van der Waals surface area contributed by atoms with E-state index in [4.69, 9.17) is 5.11 Å². The minimum absolute atomic E-state index is 0.0811. The molecule has 120 valence electrons. The zero-order valence-electron chi connectivity index (χ0n) is 13.2. The molecule has 0 saturated carbocycles. The first-order valence-electron chi connectivity index (χ1n) is 7.21. The van der Waals surface area contributed by atoms with E-state index in [2.05, 4.69) is 5.32 Å². The van der Waals surface area contributed by atoms with Gasteiger partial charge in [0.15, 0.2) is 0 Å². The topological polar surface area (TPSA) is 89.9 Å². The van der Waals surface area contributed by atoms with Gasteiger partial charge >= 0.3 is 12.0 Å². The Hall–Kier alpha value is -1.79. The third-order valence-electron chi connectivity index (χ3n) is 3.85. The number of carbonyl (C=O) groups is 3. The van der Waals surface area contributed by atoms with E-state index in [9.17, 15) is 14.4 Å². The lowest BCUT2D eigenvalue weighted by Crippen LogP contribution is -2.65. The van der Waals surface area contributed by atoms with E-state index in [0.29, 0.717) is 25.9 Å². The van der Waals surface area contributed by atoms with Gasteiger partial charge in [0, 0.05) is 32.6 Å². The standard InChI is InChI=1S/C14H25N3O4/c1-10(6-5-7-11(18)19)15-13(21)17-9-8-16(4)12(20)14(17,2)3/h10H,5-9H2,1-4H3,(H,15,21)(H,18,19). The summed E-state index contributed by atoms with van der Waals surface area (Å²) in [5.74, 6) is -0.915. The van der Waals surface area contributed by atoms with Crippen LogP contribution < -0.4 is 5.32 Å². The maximum absolute atomic E-state index is 12.3. The van der Waals surface area contributed by atoms with Crippen molar-refractivity contribution in [2.24, 2.45) is 0 Å².